The molecule has 0 spiro atoms. The van der Waals surface area contributed by atoms with E-state index in [-0.39, 0.29) is 11.0 Å². The fourth-order valence-electron chi connectivity index (χ4n) is 3.52. The minimum absolute atomic E-state index is 0.210. The fraction of sp³-hybridized carbons (Fsp3) is 0.158. The summed E-state index contributed by atoms with van der Waals surface area (Å²) in [5.74, 6) is 0.523. The van der Waals surface area contributed by atoms with Gasteiger partial charge in [0.25, 0.3) is 0 Å². The van der Waals surface area contributed by atoms with Crippen LogP contribution in [0.4, 0.5) is 10.1 Å². The molecule has 4 heterocycles. The van der Waals surface area contributed by atoms with E-state index in [2.05, 4.69) is 29.9 Å². The van der Waals surface area contributed by atoms with Crippen LogP contribution in [0.1, 0.15) is 5.56 Å². The van der Waals surface area contributed by atoms with Gasteiger partial charge in [-0.2, -0.15) is 0 Å². The van der Waals surface area contributed by atoms with E-state index in [1.165, 1.54) is 37.2 Å². The molecule has 0 saturated carbocycles. The molecule has 1 atom stereocenters. The van der Waals surface area contributed by atoms with Gasteiger partial charge < -0.3 is 10.5 Å². The van der Waals surface area contributed by atoms with E-state index >= 15 is 0 Å². The summed E-state index contributed by atoms with van der Waals surface area (Å²) in [4.78, 5) is 27.1. The number of rotatable bonds is 5. The van der Waals surface area contributed by atoms with Crippen molar-refractivity contribution in [3.05, 3.63) is 52.9 Å². The number of hydrogen-bond donors (Lipinski definition) is 1. The average molecular weight is 476 g/mol. The zero-order valence-electron chi connectivity index (χ0n) is 16.1. The molecule has 0 radical (unpaired) electrons. The summed E-state index contributed by atoms with van der Waals surface area (Å²) >= 11 is 7.71. The van der Waals surface area contributed by atoms with Crippen LogP contribution in [-0.2, 0) is 6.42 Å². The maximum atomic E-state index is 14.7. The van der Waals surface area contributed by atoms with Crippen molar-refractivity contribution in [2.24, 2.45) is 10.7 Å². The van der Waals surface area contributed by atoms with E-state index in [1.807, 2.05) is 0 Å². The Morgan fingerprint density at radius 2 is 1.94 bits per heavy atom. The van der Waals surface area contributed by atoms with E-state index in [0.717, 1.165) is 4.83 Å². The molecule has 158 valence electrons. The highest BCUT2D eigenvalue weighted by molar-refractivity contribution is 8.45. The molecular formula is C19H15ClFN7OS2. The summed E-state index contributed by atoms with van der Waals surface area (Å²) in [6, 6.07) is 4.79. The number of nitrogens with zero attached hydrogens (tertiary/aromatic N) is 6. The van der Waals surface area contributed by atoms with Crippen molar-refractivity contribution >= 4 is 54.2 Å². The van der Waals surface area contributed by atoms with Gasteiger partial charge in [-0.25, -0.2) is 34.3 Å². The zero-order chi connectivity index (χ0) is 21.6. The molecule has 1 unspecified atom stereocenters. The highest BCUT2D eigenvalue weighted by atomic mass is 35.5. The van der Waals surface area contributed by atoms with Crippen LogP contribution < -0.4 is 10.5 Å². The van der Waals surface area contributed by atoms with Gasteiger partial charge in [0, 0.05) is 6.07 Å². The number of aromatic nitrogens is 5. The third kappa shape index (κ3) is 3.11. The quantitative estimate of drug-likeness (QED) is 0.432. The largest absolute Gasteiger partial charge is 0.497 e. The number of halogens is 2. The van der Waals surface area contributed by atoms with Crippen molar-refractivity contribution in [1.82, 2.24) is 24.9 Å². The Morgan fingerprint density at radius 3 is 2.74 bits per heavy atom. The Labute approximate surface area is 186 Å². The maximum Gasteiger partial charge on any atom is 0.159 e. The third-order valence-electron chi connectivity index (χ3n) is 5.02. The smallest absolute Gasteiger partial charge is 0.159 e. The summed E-state index contributed by atoms with van der Waals surface area (Å²) in [5, 5.41) is 1.79. The van der Waals surface area contributed by atoms with Crippen molar-refractivity contribution in [3.8, 4) is 5.75 Å². The van der Waals surface area contributed by atoms with Gasteiger partial charge in [-0.1, -0.05) is 27.7 Å². The van der Waals surface area contributed by atoms with E-state index in [1.54, 1.807) is 17.6 Å². The number of methoxy groups -OCH3 is 1. The van der Waals surface area contributed by atoms with Gasteiger partial charge in [0.05, 0.1) is 12.6 Å². The van der Waals surface area contributed by atoms with Crippen molar-refractivity contribution < 1.29 is 9.13 Å². The van der Waals surface area contributed by atoms with Crippen LogP contribution in [-0.4, -0.2) is 43.0 Å². The highest BCUT2D eigenvalue weighted by Crippen LogP contribution is 2.68. The lowest BCUT2D eigenvalue weighted by molar-refractivity contribution is 0.411. The van der Waals surface area contributed by atoms with Crippen molar-refractivity contribution in [3.63, 3.8) is 0 Å². The first kappa shape index (κ1) is 20.0. The Balaban J connectivity index is 1.68. The number of benzene rings is 1. The van der Waals surface area contributed by atoms with Gasteiger partial charge in [-0.3, -0.25) is 0 Å². The van der Waals surface area contributed by atoms with Crippen molar-refractivity contribution in [1.29, 1.82) is 0 Å². The minimum atomic E-state index is -2.24. The Bertz CT molecular complexity index is 1350. The van der Waals surface area contributed by atoms with E-state index in [0.29, 0.717) is 49.9 Å². The van der Waals surface area contributed by atoms with E-state index in [4.69, 9.17) is 22.1 Å². The predicted octanol–water partition coefficient (Wildman–Crippen LogP) is 4.10. The molecule has 1 aliphatic heterocycles. The van der Waals surface area contributed by atoms with Crippen LogP contribution >= 0.6 is 33.0 Å². The highest BCUT2D eigenvalue weighted by Gasteiger charge is 2.44. The molecule has 0 aliphatic carbocycles. The Morgan fingerprint density at radius 1 is 1.13 bits per heavy atom. The number of nitrogens with two attached hydrogens (primary N) is 1. The van der Waals surface area contributed by atoms with Crippen LogP contribution in [0.15, 0.2) is 51.4 Å². The summed E-state index contributed by atoms with van der Waals surface area (Å²) in [6.45, 7) is 0. The second-order valence-corrected chi connectivity index (χ2v) is 10.9. The summed E-state index contributed by atoms with van der Waals surface area (Å²) < 4.78 is 19.8. The van der Waals surface area contributed by atoms with E-state index in [9.17, 15) is 4.39 Å². The molecule has 31 heavy (non-hydrogen) atoms. The first-order valence-electron chi connectivity index (χ1n) is 9.07. The molecule has 0 bridgehead atoms. The lowest BCUT2D eigenvalue weighted by atomic mass is 10.1. The molecule has 0 amide bonds. The molecule has 12 heteroatoms. The predicted molar refractivity (Wildman–Crippen MR) is 119 cm³/mol. The number of fused-ring (bicyclic) bond motifs is 2. The molecule has 0 fully saturated rings. The standard InChI is InChI=1S/C19H15ClFN7OS2/c1-29-11-3-2-10(12(21)6-11)4-5-31(18-14-16(24-8-26-18)30-9-27-14)17-13(28-19(31)22)15(20)23-7-25-17/h2-3,6-9H,4-5H2,1H3,(H2,22,28). The van der Waals surface area contributed by atoms with Crippen LogP contribution in [0.2, 0.25) is 5.15 Å². The van der Waals surface area contributed by atoms with Crippen molar-refractivity contribution in [2.75, 3.05) is 12.9 Å². The number of aryl methyl sites for hydroxylation is 1. The first-order chi connectivity index (χ1) is 15.0. The Kier molecular flexibility index (Phi) is 4.95. The average Bonchev–Trinajstić information content (AvgIpc) is 3.36. The number of thiazole rings is 1. The van der Waals surface area contributed by atoms with Gasteiger partial charge in [0.2, 0.25) is 0 Å². The van der Waals surface area contributed by atoms with Crippen LogP contribution in [0.5, 0.6) is 5.75 Å². The monoisotopic (exact) mass is 475 g/mol. The lowest BCUT2D eigenvalue weighted by Crippen LogP contribution is -2.24. The second-order valence-electron chi connectivity index (χ2n) is 6.60. The molecule has 5 rings (SSSR count). The first-order valence-corrected chi connectivity index (χ1v) is 12.1. The SMILES string of the molecule is COc1ccc(CCS2(c3ncnc4scnc34)C(N)=Nc3c(Cl)ncnc32)c(F)c1. The molecule has 3 aromatic heterocycles. The normalized spacial score (nSPS) is 19.6. The van der Waals surface area contributed by atoms with Gasteiger partial charge in [-0.15, -0.1) is 11.3 Å². The Hall–Kier alpha value is -2.89. The molecular weight excluding hydrogens is 461 g/mol. The zero-order valence-corrected chi connectivity index (χ0v) is 18.5. The number of ether oxygens (including phenoxy) is 1. The van der Waals surface area contributed by atoms with E-state index < -0.39 is 10.0 Å². The number of amidine groups is 1. The lowest BCUT2D eigenvalue weighted by Gasteiger charge is -2.34. The molecule has 8 nitrogen and oxygen atoms in total. The number of aliphatic imine (C=N–C) groups is 1. The van der Waals surface area contributed by atoms with Crippen LogP contribution in [0.3, 0.4) is 0 Å². The molecule has 1 aliphatic rings. The minimum Gasteiger partial charge on any atom is -0.497 e. The van der Waals surface area contributed by atoms with Gasteiger partial charge in [0.1, 0.15) is 50.3 Å². The van der Waals surface area contributed by atoms with Crippen LogP contribution in [0, 0.1) is 5.82 Å². The van der Waals surface area contributed by atoms with Crippen molar-refractivity contribution in [2.45, 2.75) is 16.5 Å². The van der Waals surface area contributed by atoms with Gasteiger partial charge in [0.15, 0.2) is 10.3 Å². The molecule has 1 aromatic carbocycles. The molecule has 2 N–H and O–H groups in total. The second kappa shape index (κ2) is 7.66. The fourth-order valence-corrected chi connectivity index (χ4v) is 7.79. The summed E-state index contributed by atoms with van der Waals surface area (Å²) in [5.41, 5.74) is 9.83. The molecule has 4 aromatic rings. The third-order valence-corrected chi connectivity index (χ3v) is 9.57. The number of hydrogen-bond acceptors (Lipinski definition) is 9. The summed E-state index contributed by atoms with van der Waals surface area (Å²) in [7, 11) is -0.742. The topological polar surface area (TPSA) is 112 Å². The molecule has 0 saturated heterocycles. The van der Waals surface area contributed by atoms with Gasteiger partial charge >= 0.3 is 0 Å². The van der Waals surface area contributed by atoms with Crippen LogP contribution in [0.25, 0.3) is 10.3 Å². The van der Waals surface area contributed by atoms with Gasteiger partial charge in [-0.05, 0) is 23.8 Å². The maximum absolute atomic E-state index is 14.7. The summed E-state index contributed by atoms with van der Waals surface area (Å²) in [6.07, 6.45) is 3.23.